The first-order valence-corrected chi connectivity index (χ1v) is 6.50. The second-order valence-electron chi connectivity index (χ2n) is 4.21. The molecule has 0 saturated carbocycles. The molecule has 1 N–H and O–H groups in total. The maximum Gasteiger partial charge on any atom is 0.0494 e. The van der Waals surface area contributed by atoms with Crippen LogP contribution < -0.4 is 5.32 Å². The molecule has 0 atom stereocenters. The summed E-state index contributed by atoms with van der Waals surface area (Å²) in [5, 5.41) is 5.53. The van der Waals surface area contributed by atoms with Crippen LogP contribution in [-0.2, 0) is 6.54 Å². The molecule has 1 heterocycles. The first-order valence-electron chi connectivity index (χ1n) is 5.62. The monoisotopic (exact) mass is 231 g/mol. The van der Waals surface area contributed by atoms with Gasteiger partial charge in [0.2, 0.25) is 0 Å². The Hall–Kier alpha value is -1.28. The SMILES string of the molecule is CC(C)c1ccc(NCc2cccs2)cc1. The summed E-state index contributed by atoms with van der Waals surface area (Å²) in [7, 11) is 0. The van der Waals surface area contributed by atoms with Gasteiger partial charge in [-0.25, -0.2) is 0 Å². The van der Waals surface area contributed by atoms with E-state index < -0.39 is 0 Å². The lowest BCUT2D eigenvalue weighted by molar-refractivity contribution is 0.867. The lowest BCUT2D eigenvalue weighted by Gasteiger charge is -2.08. The molecule has 1 nitrogen and oxygen atoms in total. The number of thiophene rings is 1. The lowest BCUT2D eigenvalue weighted by atomic mass is 10.0. The largest absolute Gasteiger partial charge is 0.380 e. The maximum absolute atomic E-state index is 3.42. The number of hydrogen-bond donors (Lipinski definition) is 1. The minimum atomic E-state index is 0.603. The van der Waals surface area contributed by atoms with E-state index in [9.17, 15) is 0 Å². The van der Waals surface area contributed by atoms with Crippen molar-refractivity contribution >= 4 is 17.0 Å². The van der Waals surface area contributed by atoms with E-state index >= 15 is 0 Å². The zero-order valence-corrected chi connectivity index (χ0v) is 10.6. The summed E-state index contributed by atoms with van der Waals surface area (Å²) in [5.41, 5.74) is 2.58. The molecular weight excluding hydrogens is 214 g/mol. The van der Waals surface area contributed by atoms with Crippen molar-refractivity contribution in [2.24, 2.45) is 0 Å². The second kappa shape index (κ2) is 5.17. The normalized spacial score (nSPS) is 10.7. The number of anilines is 1. The lowest BCUT2D eigenvalue weighted by Crippen LogP contribution is -1.97. The topological polar surface area (TPSA) is 12.0 Å². The van der Waals surface area contributed by atoms with E-state index in [0.29, 0.717) is 5.92 Å². The van der Waals surface area contributed by atoms with E-state index in [4.69, 9.17) is 0 Å². The summed E-state index contributed by atoms with van der Waals surface area (Å²) in [6.07, 6.45) is 0. The molecule has 2 aromatic rings. The minimum Gasteiger partial charge on any atom is -0.380 e. The van der Waals surface area contributed by atoms with Crippen LogP contribution in [0.1, 0.15) is 30.2 Å². The van der Waals surface area contributed by atoms with Gasteiger partial charge in [0.15, 0.2) is 0 Å². The average molecular weight is 231 g/mol. The summed E-state index contributed by atoms with van der Waals surface area (Å²) in [4.78, 5) is 1.37. The molecule has 2 rings (SSSR count). The van der Waals surface area contributed by atoms with Gasteiger partial charge in [-0.3, -0.25) is 0 Å². The van der Waals surface area contributed by atoms with Crippen LogP contribution in [0.5, 0.6) is 0 Å². The van der Waals surface area contributed by atoms with Crippen molar-refractivity contribution in [1.29, 1.82) is 0 Å². The van der Waals surface area contributed by atoms with E-state index in [0.717, 1.165) is 6.54 Å². The van der Waals surface area contributed by atoms with Gasteiger partial charge in [-0.05, 0) is 35.1 Å². The van der Waals surface area contributed by atoms with Crippen LogP contribution >= 0.6 is 11.3 Å². The van der Waals surface area contributed by atoms with Crippen LogP contribution in [0.4, 0.5) is 5.69 Å². The smallest absolute Gasteiger partial charge is 0.0494 e. The van der Waals surface area contributed by atoms with Crippen LogP contribution in [0.15, 0.2) is 41.8 Å². The summed E-state index contributed by atoms with van der Waals surface area (Å²) in [6.45, 7) is 5.35. The Morgan fingerprint density at radius 3 is 2.44 bits per heavy atom. The second-order valence-corrected chi connectivity index (χ2v) is 5.24. The predicted molar refractivity (Wildman–Crippen MR) is 72.2 cm³/mol. The Labute approximate surface area is 101 Å². The molecule has 0 amide bonds. The van der Waals surface area contributed by atoms with Gasteiger partial charge in [-0.2, -0.15) is 0 Å². The Morgan fingerprint density at radius 2 is 1.88 bits per heavy atom. The van der Waals surface area contributed by atoms with Crippen molar-refractivity contribution in [1.82, 2.24) is 0 Å². The zero-order valence-electron chi connectivity index (χ0n) is 9.73. The molecule has 1 aromatic carbocycles. The molecule has 0 aliphatic heterocycles. The Bertz CT molecular complexity index is 415. The van der Waals surface area contributed by atoms with E-state index in [1.165, 1.54) is 16.1 Å². The standard InChI is InChI=1S/C14H17NS/c1-11(2)12-5-7-13(8-6-12)15-10-14-4-3-9-16-14/h3-9,11,15H,10H2,1-2H3. The quantitative estimate of drug-likeness (QED) is 0.818. The van der Waals surface area contributed by atoms with Gasteiger partial charge in [-0.15, -0.1) is 11.3 Å². The van der Waals surface area contributed by atoms with Crippen molar-refractivity contribution in [2.75, 3.05) is 5.32 Å². The van der Waals surface area contributed by atoms with Crippen LogP contribution in [0.3, 0.4) is 0 Å². The molecule has 84 valence electrons. The zero-order chi connectivity index (χ0) is 11.4. The van der Waals surface area contributed by atoms with Crippen LogP contribution in [0, 0.1) is 0 Å². The third-order valence-electron chi connectivity index (χ3n) is 2.62. The van der Waals surface area contributed by atoms with Crippen molar-refractivity contribution < 1.29 is 0 Å². The molecule has 0 aliphatic rings. The van der Waals surface area contributed by atoms with E-state index in [-0.39, 0.29) is 0 Å². The summed E-state index contributed by atoms with van der Waals surface area (Å²) < 4.78 is 0. The van der Waals surface area contributed by atoms with Crippen LogP contribution in [0.2, 0.25) is 0 Å². The van der Waals surface area contributed by atoms with Gasteiger partial charge in [0.1, 0.15) is 0 Å². The highest BCUT2D eigenvalue weighted by Crippen LogP contribution is 2.18. The number of benzene rings is 1. The predicted octanol–water partition coefficient (Wildman–Crippen LogP) is 4.48. The van der Waals surface area contributed by atoms with Gasteiger partial charge in [0.05, 0.1) is 0 Å². The van der Waals surface area contributed by atoms with Gasteiger partial charge in [-0.1, -0.05) is 32.0 Å². The fourth-order valence-corrected chi connectivity index (χ4v) is 2.23. The van der Waals surface area contributed by atoms with Gasteiger partial charge in [0.25, 0.3) is 0 Å². The molecule has 0 spiro atoms. The van der Waals surface area contributed by atoms with Crippen molar-refractivity contribution in [3.05, 3.63) is 52.2 Å². The number of hydrogen-bond acceptors (Lipinski definition) is 2. The van der Waals surface area contributed by atoms with Crippen molar-refractivity contribution in [3.63, 3.8) is 0 Å². The molecule has 16 heavy (non-hydrogen) atoms. The summed E-state index contributed by atoms with van der Waals surface area (Å²) in [5.74, 6) is 0.603. The van der Waals surface area contributed by atoms with Crippen LogP contribution in [-0.4, -0.2) is 0 Å². The highest BCUT2D eigenvalue weighted by Gasteiger charge is 1.99. The highest BCUT2D eigenvalue weighted by molar-refractivity contribution is 7.09. The first-order chi connectivity index (χ1) is 7.75. The molecule has 0 aliphatic carbocycles. The van der Waals surface area contributed by atoms with Crippen molar-refractivity contribution in [2.45, 2.75) is 26.3 Å². The first kappa shape index (κ1) is 11.2. The van der Waals surface area contributed by atoms with E-state index in [2.05, 4.69) is 60.9 Å². The molecule has 0 radical (unpaired) electrons. The third-order valence-corrected chi connectivity index (χ3v) is 3.50. The molecule has 0 unspecified atom stereocenters. The van der Waals surface area contributed by atoms with Gasteiger partial charge < -0.3 is 5.32 Å². The fraction of sp³-hybridized carbons (Fsp3) is 0.286. The number of nitrogens with one attached hydrogen (secondary N) is 1. The molecule has 0 bridgehead atoms. The van der Waals surface area contributed by atoms with Gasteiger partial charge in [0, 0.05) is 17.1 Å². The third kappa shape index (κ3) is 2.86. The molecule has 2 heteroatoms. The van der Waals surface area contributed by atoms with E-state index in [1.54, 1.807) is 11.3 Å². The molecule has 0 fully saturated rings. The highest BCUT2D eigenvalue weighted by atomic mass is 32.1. The van der Waals surface area contributed by atoms with Gasteiger partial charge >= 0.3 is 0 Å². The van der Waals surface area contributed by atoms with Crippen LogP contribution in [0.25, 0.3) is 0 Å². The number of rotatable bonds is 4. The Morgan fingerprint density at radius 1 is 1.12 bits per heavy atom. The van der Waals surface area contributed by atoms with Crippen molar-refractivity contribution in [3.8, 4) is 0 Å². The maximum atomic E-state index is 3.42. The summed E-state index contributed by atoms with van der Waals surface area (Å²) in [6, 6.07) is 12.9. The average Bonchev–Trinajstić information content (AvgIpc) is 2.80. The minimum absolute atomic E-state index is 0.603. The molecular formula is C14H17NS. The van der Waals surface area contributed by atoms with E-state index in [1.807, 2.05) is 0 Å². The summed E-state index contributed by atoms with van der Waals surface area (Å²) >= 11 is 1.79. The fourth-order valence-electron chi connectivity index (χ4n) is 1.59. The Kier molecular flexibility index (Phi) is 3.62. The Balaban J connectivity index is 1.95. The molecule has 1 aromatic heterocycles. The molecule has 0 saturated heterocycles.